The van der Waals surface area contributed by atoms with Crippen molar-refractivity contribution in [2.75, 3.05) is 6.54 Å². The predicted molar refractivity (Wildman–Crippen MR) is 88.3 cm³/mol. The summed E-state index contributed by atoms with van der Waals surface area (Å²) in [5.41, 5.74) is 3.99. The summed E-state index contributed by atoms with van der Waals surface area (Å²) < 4.78 is 14.5. The molecular weight excluding hydrogens is 307 g/mol. The molecule has 0 bridgehead atoms. The Morgan fingerprint density at radius 3 is 2.79 bits per heavy atom. The van der Waals surface area contributed by atoms with E-state index in [2.05, 4.69) is 4.90 Å². The van der Waals surface area contributed by atoms with Crippen LogP contribution in [0.25, 0.3) is 0 Å². The molecule has 4 nitrogen and oxygen atoms in total. The molecule has 1 aromatic carbocycles. The SMILES string of the molecule is O=C(NO)c1cc(F)c2c(c1)CCN([C@@H]1CCCC3(CCC3)C1)C2. The number of halogens is 1. The summed E-state index contributed by atoms with van der Waals surface area (Å²) in [6, 6.07) is 3.53. The second-order valence-corrected chi connectivity index (χ2v) is 7.86. The quantitative estimate of drug-likeness (QED) is 0.644. The van der Waals surface area contributed by atoms with Crippen molar-refractivity contribution in [3.8, 4) is 0 Å². The van der Waals surface area contributed by atoms with E-state index in [4.69, 9.17) is 5.21 Å². The third kappa shape index (κ3) is 2.74. The van der Waals surface area contributed by atoms with Crippen molar-refractivity contribution in [2.24, 2.45) is 5.41 Å². The van der Waals surface area contributed by atoms with Crippen molar-refractivity contribution in [1.82, 2.24) is 10.4 Å². The Labute approximate surface area is 142 Å². The van der Waals surface area contributed by atoms with Crippen LogP contribution in [0.5, 0.6) is 0 Å². The van der Waals surface area contributed by atoms with Crippen molar-refractivity contribution in [1.29, 1.82) is 0 Å². The molecule has 3 aliphatic rings. The molecule has 1 aliphatic heterocycles. The standard InChI is InChI=1S/C19H25FN2O2/c20-17-10-14(18(23)21-24)9-13-4-8-22(12-16(13)17)15-3-1-5-19(11-15)6-2-7-19/h9-10,15,24H,1-8,11-12H2,(H,21,23)/t15-/m1/s1. The van der Waals surface area contributed by atoms with Crippen LogP contribution in [0.4, 0.5) is 4.39 Å². The van der Waals surface area contributed by atoms with Crippen molar-refractivity contribution < 1.29 is 14.4 Å². The van der Waals surface area contributed by atoms with E-state index in [1.807, 2.05) is 0 Å². The molecule has 0 aromatic heterocycles. The number of hydroxylamine groups is 1. The van der Waals surface area contributed by atoms with Crippen LogP contribution in [0, 0.1) is 11.2 Å². The molecule has 2 N–H and O–H groups in total. The summed E-state index contributed by atoms with van der Waals surface area (Å²) in [4.78, 5) is 14.0. The molecule has 130 valence electrons. The lowest BCUT2D eigenvalue weighted by Gasteiger charge is -2.50. The maximum Gasteiger partial charge on any atom is 0.274 e. The average molecular weight is 332 g/mol. The van der Waals surface area contributed by atoms with E-state index in [1.165, 1.54) is 51.0 Å². The first-order valence-electron chi connectivity index (χ1n) is 9.10. The highest BCUT2D eigenvalue weighted by molar-refractivity contribution is 5.93. The topological polar surface area (TPSA) is 52.6 Å². The number of hydrogen-bond donors (Lipinski definition) is 2. The molecular formula is C19H25FN2O2. The summed E-state index contributed by atoms with van der Waals surface area (Å²) in [7, 11) is 0. The molecule has 1 spiro atoms. The number of fused-ring (bicyclic) bond motifs is 1. The lowest BCUT2D eigenvalue weighted by atomic mass is 9.59. The Morgan fingerprint density at radius 2 is 2.08 bits per heavy atom. The number of carbonyl (C=O) groups is 1. The third-order valence-electron chi connectivity index (χ3n) is 6.52. The normalized spacial score (nSPS) is 25.8. The van der Waals surface area contributed by atoms with E-state index < -0.39 is 5.91 Å². The first-order valence-corrected chi connectivity index (χ1v) is 9.10. The number of nitrogens with one attached hydrogen (secondary N) is 1. The number of hydrogen-bond acceptors (Lipinski definition) is 3. The molecule has 1 atom stereocenters. The van der Waals surface area contributed by atoms with Crippen molar-refractivity contribution in [2.45, 2.75) is 64.0 Å². The minimum absolute atomic E-state index is 0.188. The fourth-order valence-corrected chi connectivity index (χ4v) is 5.01. The minimum Gasteiger partial charge on any atom is -0.296 e. The van der Waals surface area contributed by atoms with Crippen molar-refractivity contribution in [3.05, 3.63) is 34.6 Å². The van der Waals surface area contributed by atoms with Gasteiger partial charge in [0.15, 0.2) is 0 Å². The van der Waals surface area contributed by atoms with Gasteiger partial charge in [-0.05, 0) is 61.6 Å². The second-order valence-electron chi connectivity index (χ2n) is 7.86. The van der Waals surface area contributed by atoms with Crippen LogP contribution in [0.3, 0.4) is 0 Å². The van der Waals surface area contributed by atoms with Crippen molar-refractivity contribution in [3.63, 3.8) is 0 Å². The maximum atomic E-state index is 14.5. The fourth-order valence-electron chi connectivity index (χ4n) is 5.01. The summed E-state index contributed by atoms with van der Waals surface area (Å²) in [5, 5.41) is 8.74. The molecule has 0 radical (unpaired) electrons. The first kappa shape index (κ1) is 16.0. The average Bonchev–Trinajstić information content (AvgIpc) is 2.59. The number of amides is 1. The van der Waals surface area contributed by atoms with Crippen LogP contribution in [0.15, 0.2) is 12.1 Å². The van der Waals surface area contributed by atoms with E-state index >= 15 is 0 Å². The highest BCUT2D eigenvalue weighted by atomic mass is 19.1. The fraction of sp³-hybridized carbons (Fsp3) is 0.632. The second kappa shape index (κ2) is 6.12. The number of nitrogens with zero attached hydrogens (tertiary/aromatic N) is 1. The first-order chi connectivity index (χ1) is 11.6. The summed E-state index contributed by atoms with van der Waals surface area (Å²) in [6.07, 6.45) is 10.1. The van der Waals surface area contributed by atoms with Gasteiger partial charge in [0.1, 0.15) is 5.82 Å². The molecule has 1 amide bonds. The van der Waals surface area contributed by atoms with Crippen molar-refractivity contribution >= 4 is 5.91 Å². The lowest BCUT2D eigenvalue weighted by molar-refractivity contribution is 0.0117. The molecule has 1 aromatic rings. The van der Waals surface area contributed by atoms with Crippen LogP contribution >= 0.6 is 0 Å². The van der Waals surface area contributed by atoms with Crippen LogP contribution in [0.2, 0.25) is 0 Å². The van der Waals surface area contributed by atoms with Crippen LogP contribution in [-0.2, 0) is 13.0 Å². The Kier molecular flexibility index (Phi) is 4.09. The zero-order chi connectivity index (χ0) is 16.7. The van der Waals surface area contributed by atoms with E-state index in [1.54, 1.807) is 11.5 Å². The Balaban J connectivity index is 1.52. The number of rotatable bonds is 2. The van der Waals surface area contributed by atoms with Gasteiger partial charge in [-0.1, -0.05) is 12.8 Å². The van der Waals surface area contributed by atoms with Gasteiger partial charge < -0.3 is 0 Å². The molecule has 24 heavy (non-hydrogen) atoms. The van der Waals surface area contributed by atoms with E-state index in [-0.39, 0.29) is 11.4 Å². The van der Waals surface area contributed by atoms with E-state index in [0.717, 1.165) is 24.1 Å². The minimum atomic E-state index is -0.654. The molecule has 4 rings (SSSR count). The van der Waals surface area contributed by atoms with Gasteiger partial charge in [-0.2, -0.15) is 0 Å². The molecule has 5 heteroatoms. The molecule has 2 aliphatic carbocycles. The van der Waals surface area contributed by atoms with Gasteiger partial charge in [-0.25, -0.2) is 9.87 Å². The zero-order valence-corrected chi connectivity index (χ0v) is 14.0. The summed E-state index contributed by atoms with van der Waals surface area (Å²) in [6.45, 7) is 1.57. The molecule has 1 heterocycles. The number of benzene rings is 1. The highest BCUT2D eigenvalue weighted by Gasteiger charge is 2.42. The van der Waals surface area contributed by atoms with E-state index in [0.29, 0.717) is 18.0 Å². The van der Waals surface area contributed by atoms with Crippen LogP contribution < -0.4 is 5.48 Å². The monoisotopic (exact) mass is 332 g/mol. The lowest BCUT2D eigenvalue weighted by Crippen LogP contribution is -2.47. The van der Waals surface area contributed by atoms with Gasteiger partial charge in [0.2, 0.25) is 0 Å². The van der Waals surface area contributed by atoms with E-state index in [9.17, 15) is 9.18 Å². The molecule has 2 fully saturated rings. The van der Waals surface area contributed by atoms with Gasteiger partial charge in [0.25, 0.3) is 5.91 Å². The van der Waals surface area contributed by atoms with Gasteiger partial charge in [-0.15, -0.1) is 0 Å². The summed E-state index contributed by atoms with van der Waals surface area (Å²) in [5.74, 6) is -0.983. The largest absolute Gasteiger partial charge is 0.296 e. The molecule has 2 saturated carbocycles. The van der Waals surface area contributed by atoms with Gasteiger partial charge in [0.05, 0.1) is 0 Å². The Morgan fingerprint density at radius 1 is 1.29 bits per heavy atom. The van der Waals surface area contributed by atoms with Crippen LogP contribution in [-0.4, -0.2) is 28.6 Å². The smallest absolute Gasteiger partial charge is 0.274 e. The van der Waals surface area contributed by atoms with Crippen LogP contribution in [0.1, 0.15) is 66.4 Å². The zero-order valence-electron chi connectivity index (χ0n) is 14.0. The Hall–Kier alpha value is -1.46. The number of carbonyl (C=O) groups excluding carboxylic acids is 1. The summed E-state index contributed by atoms with van der Waals surface area (Å²) >= 11 is 0. The maximum absolute atomic E-state index is 14.5. The highest BCUT2D eigenvalue weighted by Crippen LogP contribution is 2.52. The molecule has 0 unspecified atom stereocenters. The molecule has 0 saturated heterocycles. The van der Waals surface area contributed by atoms with Gasteiger partial charge in [-0.3, -0.25) is 14.9 Å². The van der Waals surface area contributed by atoms with Gasteiger partial charge in [0, 0.05) is 30.3 Å². The predicted octanol–water partition coefficient (Wildman–Crippen LogP) is 3.42. The Bertz CT molecular complexity index is 657. The third-order valence-corrected chi connectivity index (χ3v) is 6.52. The van der Waals surface area contributed by atoms with Gasteiger partial charge >= 0.3 is 0 Å².